The maximum Gasteiger partial charge on any atom is 0.343 e. The number of fused-ring (bicyclic) bond motifs is 1. The molecule has 1 heterocycles. The van der Waals surface area contributed by atoms with Gasteiger partial charge >= 0.3 is 5.97 Å². The second-order valence-corrected chi connectivity index (χ2v) is 7.50. The smallest absolute Gasteiger partial charge is 0.343 e. The number of benzene rings is 3. The zero-order valence-electron chi connectivity index (χ0n) is 18.6. The van der Waals surface area contributed by atoms with E-state index in [1.54, 1.807) is 18.2 Å². The quantitative estimate of drug-likeness (QED) is 0.288. The van der Waals surface area contributed by atoms with E-state index < -0.39 is 5.97 Å². The Hall–Kier alpha value is -4.26. The molecule has 0 unspecified atom stereocenters. The zero-order chi connectivity index (χ0) is 23.5. The molecule has 0 N–H and O–H groups in total. The van der Waals surface area contributed by atoms with Gasteiger partial charge in [-0.2, -0.15) is 0 Å². The Morgan fingerprint density at radius 1 is 0.788 bits per heavy atom. The van der Waals surface area contributed by atoms with Crippen molar-refractivity contribution in [3.63, 3.8) is 0 Å². The Morgan fingerprint density at radius 3 is 2.09 bits per heavy atom. The number of rotatable bonds is 6. The monoisotopic (exact) mass is 446 g/mol. The van der Waals surface area contributed by atoms with Crippen molar-refractivity contribution in [1.82, 2.24) is 0 Å². The molecular weight excluding hydrogens is 424 g/mol. The first-order valence-corrected chi connectivity index (χ1v) is 10.1. The lowest BCUT2D eigenvalue weighted by molar-refractivity contribution is 0.0734. The van der Waals surface area contributed by atoms with Crippen molar-refractivity contribution < 1.29 is 28.2 Å². The Bertz CT molecular complexity index is 1360. The summed E-state index contributed by atoms with van der Waals surface area (Å²) in [6.07, 6.45) is 1.25. The molecule has 0 radical (unpaired) electrons. The van der Waals surface area contributed by atoms with Crippen LogP contribution in [0.3, 0.4) is 0 Å². The summed E-state index contributed by atoms with van der Waals surface area (Å²) in [6, 6.07) is 15.0. The minimum absolute atomic E-state index is 0.0701. The molecule has 4 aromatic rings. The predicted octanol–water partition coefficient (Wildman–Crippen LogP) is 5.44. The fourth-order valence-corrected chi connectivity index (χ4v) is 3.43. The lowest BCUT2D eigenvalue weighted by Gasteiger charge is -2.10. The van der Waals surface area contributed by atoms with Crippen LogP contribution < -0.4 is 24.4 Å². The lowest BCUT2D eigenvalue weighted by Crippen LogP contribution is -2.10. The van der Waals surface area contributed by atoms with Crippen LogP contribution in [-0.4, -0.2) is 20.2 Å². The van der Waals surface area contributed by atoms with E-state index in [2.05, 4.69) is 0 Å². The van der Waals surface area contributed by atoms with Crippen LogP contribution in [0.5, 0.6) is 28.7 Å². The van der Waals surface area contributed by atoms with E-state index in [1.807, 2.05) is 32.0 Å². The summed E-state index contributed by atoms with van der Waals surface area (Å²) in [5, 5.41) is 0.305. The van der Waals surface area contributed by atoms with Crippen LogP contribution in [0.1, 0.15) is 21.5 Å². The van der Waals surface area contributed by atoms with E-state index in [9.17, 15) is 9.59 Å². The van der Waals surface area contributed by atoms with Crippen LogP contribution in [0.2, 0.25) is 0 Å². The molecule has 33 heavy (non-hydrogen) atoms. The Kier molecular flexibility index (Phi) is 6.04. The maximum absolute atomic E-state index is 12.9. The average Bonchev–Trinajstić information content (AvgIpc) is 2.80. The van der Waals surface area contributed by atoms with E-state index in [1.165, 1.54) is 38.7 Å². The van der Waals surface area contributed by atoms with E-state index >= 15 is 0 Å². The molecule has 0 aliphatic carbocycles. The first-order chi connectivity index (χ1) is 15.9. The molecule has 0 amide bonds. The molecule has 168 valence electrons. The van der Waals surface area contributed by atoms with Crippen molar-refractivity contribution in [3.8, 4) is 28.7 Å². The fraction of sp³-hybridized carbons (Fsp3) is 0.154. The average molecular weight is 446 g/mol. The molecule has 0 spiro atoms. The van der Waals surface area contributed by atoms with Gasteiger partial charge in [-0.3, -0.25) is 4.79 Å². The van der Waals surface area contributed by atoms with Crippen molar-refractivity contribution in [1.29, 1.82) is 0 Å². The third-order valence-corrected chi connectivity index (χ3v) is 4.94. The van der Waals surface area contributed by atoms with Crippen molar-refractivity contribution in [2.75, 3.05) is 14.2 Å². The van der Waals surface area contributed by atoms with E-state index in [0.717, 1.165) is 11.1 Å². The van der Waals surface area contributed by atoms with E-state index in [0.29, 0.717) is 22.6 Å². The zero-order valence-corrected chi connectivity index (χ0v) is 18.6. The number of methoxy groups -OCH3 is 2. The predicted molar refractivity (Wildman–Crippen MR) is 123 cm³/mol. The van der Waals surface area contributed by atoms with Crippen LogP contribution >= 0.6 is 0 Å². The lowest BCUT2D eigenvalue weighted by atomic mass is 10.1. The van der Waals surface area contributed by atoms with Gasteiger partial charge in [0.1, 0.15) is 34.8 Å². The molecule has 0 aliphatic heterocycles. The summed E-state index contributed by atoms with van der Waals surface area (Å²) in [7, 11) is 2.99. The number of esters is 1. The first-order valence-electron chi connectivity index (χ1n) is 10.1. The van der Waals surface area contributed by atoms with Crippen LogP contribution in [0, 0.1) is 13.8 Å². The van der Waals surface area contributed by atoms with Gasteiger partial charge in [-0.05, 0) is 61.4 Å². The van der Waals surface area contributed by atoms with Gasteiger partial charge in [0.05, 0.1) is 25.2 Å². The number of carbonyl (C=O) groups is 1. The Morgan fingerprint density at radius 2 is 1.45 bits per heavy atom. The van der Waals surface area contributed by atoms with Gasteiger partial charge in [0.25, 0.3) is 0 Å². The summed E-state index contributed by atoms with van der Waals surface area (Å²) < 4.78 is 27.2. The van der Waals surface area contributed by atoms with Gasteiger partial charge in [-0.15, -0.1) is 0 Å². The van der Waals surface area contributed by atoms with Gasteiger partial charge in [-0.25, -0.2) is 4.79 Å². The standard InChI is InChI=1S/C26H22O7/c1-15-7-16(2)9-21(8-15)32-24-14-31-23-13-18(5-6-22(23)25(24)27)33-26(28)17-10-19(29-3)12-20(11-17)30-4/h5-14H,1-4H3. The SMILES string of the molecule is COc1cc(OC)cc(C(=O)Oc2ccc3c(=O)c(Oc4cc(C)cc(C)c4)coc3c2)c1. The fourth-order valence-electron chi connectivity index (χ4n) is 3.43. The second kappa shape index (κ2) is 9.08. The highest BCUT2D eigenvalue weighted by molar-refractivity contribution is 5.92. The summed E-state index contributed by atoms with van der Waals surface area (Å²) in [5.41, 5.74) is 2.24. The number of carbonyl (C=O) groups excluding carboxylic acids is 1. The third kappa shape index (κ3) is 4.82. The molecule has 0 saturated heterocycles. The van der Waals surface area contributed by atoms with Gasteiger partial charge in [0.15, 0.2) is 0 Å². The molecule has 0 saturated carbocycles. The van der Waals surface area contributed by atoms with Crippen molar-refractivity contribution in [2.24, 2.45) is 0 Å². The van der Waals surface area contributed by atoms with Crippen molar-refractivity contribution in [2.45, 2.75) is 13.8 Å². The Balaban J connectivity index is 1.59. The summed E-state index contributed by atoms with van der Waals surface area (Å²) in [5.74, 6) is 1.16. The molecule has 1 aromatic heterocycles. The molecule has 7 nitrogen and oxygen atoms in total. The highest BCUT2D eigenvalue weighted by Gasteiger charge is 2.15. The highest BCUT2D eigenvalue weighted by atomic mass is 16.5. The molecule has 3 aromatic carbocycles. The molecule has 0 fully saturated rings. The second-order valence-electron chi connectivity index (χ2n) is 7.50. The topological polar surface area (TPSA) is 84.2 Å². The molecular formula is C26H22O7. The van der Waals surface area contributed by atoms with Crippen LogP contribution in [0.15, 0.2) is 70.1 Å². The maximum atomic E-state index is 12.9. The van der Waals surface area contributed by atoms with Crippen LogP contribution in [0.4, 0.5) is 0 Å². The van der Waals surface area contributed by atoms with Crippen molar-refractivity contribution >= 4 is 16.9 Å². The minimum Gasteiger partial charge on any atom is -0.497 e. The molecule has 0 bridgehead atoms. The molecule has 0 aliphatic rings. The van der Waals surface area contributed by atoms with Gasteiger partial charge in [-0.1, -0.05) is 6.07 Å². The van der Waals surface area contributed by atoms with Crippen molar-refractivity contribution in [3.05, 3.63) is 87.8 Å². The number of hydrogen-bond acceptors (Lipinski definition) is 7. The minimum atomic E-state index is -0.608. The number of aryl methyl sites for hydroxylation is 2. The summed E-state index contributed by atoms with van der Waals surface area (Å²) in [6.45, 7) is 3.90. The van der Waals surface area contributed by atoms with Gasteiger partial charge < -0.3 is 23.4 Å². The van der Waals surface area contributed by atoms with Crippen LogP contribution in [-0.2, 0) is 0 Å². The van der Waals surface area contributed by atoms with Gasteiger partial charge in [0.2, 0.25) is 11.2 Å². The first kappa shape index (κ1) is 22.0. The summed E-state index contributed by atoms with van der Waals surface area (Å²) >= 11 is 0. The van der Waals surface area contributed by atoms with Crippen LogP contribution in [0.25, 0.3) is 11.0 Å². The third-order valence-electron chi connectivity index (χ3n) is 4.94. The molecule has 7 heteroatoms. The van der Waals surface area contributed by atoms with Gasteiger partial charge in [0, 0.05) is 12.1 Å². The largest absolute Gasteiger partial charge is 0.497 e. The Labute approximate surface area is 190 Å². The number of ether oxygens (including phenoxy) is 4. The summed E-state index contributed by atoms with van der Waals surface area (Å²) in [4.78, 5) is 25.5. The highest BCUT2D eigenvalue weighted by Crippen LogP contribution is 2.27. The normalized spacial score (nSPS) is 10.7. The molecule has 4 rings (SSSR count). The molecule has 0 atom stereocenters. The van der Waals surface area contributed by atoms with E-state index in [-0.39, 0.29) is 28.1 Å². The number of hydrogen-bond donors (Lipinski definition) is 0. The van der Waals surface area contributed by atoms with E-state index in [4.69, 9.17) is 23.4 Å².